The van der Waals surface area contributed by atoms with Gasteiger partial charge in [-0.05, 0) is 36.6 Å². The van der Waals surface area contributed by atoms with Crippen molar-refractivity contribution in [3.05, 3.63) is 42.2 Å². The van der Waals surface area contributed by atoms with Gasteiger partial charge in [0.05, 0.1) is 0 Å². The predicted octanol–water partition coefficient (Wildman–Crippen LogP) is 2.48. The second kappa shape index (κ2) is 6.22. The number of nitrogens with one attached hydrogen (secondary N) is 1. The highest BCUT2D eigenvalue weighted by Gasteiger charge is 2.20. The molecule has 1 aromatic carbocycles. The lowest BCUT2D eigenvalue weighted by atomic mass is 9.86. The van der Waals surface area contributed by atoms with Crippen LogP contribution in [0.5, 0.6) is 0 Å². The molecule has 1 amide bonds. The fourth-order valence-electron chi connectivity index (χ4n) is 3.14. The number of fused-ring (bicyclic) bond motifs is 1. The summed E-state index contributed by atoms with van der Waals surface area (Å²) in [6.07, 6.45) is 6.11. The number of carbonyl (C=O) groups excluding carboxylic acids is 1. The third kappa shape index (κ3) is 3.22. The Balaban J connectivity index is 1.69. The van der Waals surface area contributed by atoms with Crippen LogP contribution in [0.4, 0.5) is 0 Å². The number of hydrogen-bond acceptors (Lipinski definition) is 3. The number of carbonyl (C=O) groups is 1. The van der Waals surface area contributed by atoms with Gasteiger partial charge in [-0.2, -0.15) is 0 Å². The first kappa shape index (κ1) is 14.0. The maximum absolute atomic E-state index is 12.4. The molecule has 3 rings (SSSR count). The van der Waals surface area contributed by atoms with Gasteiger partial charge in [-0.25, -0.2) is 0 Å². The summed E-state index contributed by atoms with van der Waals surface area (Å²) in [7, 11) is 0. The van der Waals surface area contributed by atoms with Crippen LogP contribution < -0.4 is 11.1 Å². The summed E-state index contributed by atoms with van der Waals surface area (Å²) in [6, 6.07) is 10.0. The molecule has 0 radical (unpaired) electrons. The summed E-state index contributed by atoms with van der Waals surface area (Å²) >= 11 is 0. The first-order chi connectivity index (χ1) is 10.2. The molecule has 110 valence electrons. The maximum atomic E-state index is 12.4. The van der Waals surface area contributed by atoms with Crippen molar-refractivity contribution in [2.75, 3.05) is 6.54 Å². The van der Waals surface area contributed by atoms with Crippen molar-refractivity contribution in [1.29, 1.82) is 0 Å². The minimum Gasteiger partial charge on any atom is -0.350 e. The van der Waals surface area contributed by atoms with E-state index >= 15 is 0 Å². The molecule has 2 atom stereocenters. The summed E-state index contributed by atoms with van der Waals surface area (Å²) in [6.45, 7) is 0.692. The zero-order valence-corrected chi connectivity index (χ0v) is 12.1. The highest BCUT2D eigenvalue weighted by Crippen LogP contribution is 2.22. The number of aromatic nitrogens is 1. The number of pyridine rings is 1. The molecule has 3 N–H and O–H groups in total. The van der Waals surface area contributed by atoms with Crippen molar-refractivity contribution in [2.45, 2.75) is 31.7 Å². The molecule has 1 aliphatic rings. The van der Waals surface area contributed by atoms with Gasteiger partial charge in [-0.15, -0.1) is 0 Å². The van der Waals surface area contributed by atoms with E-state index in [0.717, 1.165) is 36.5 Å². The number of nitrogens with two attached hydrogens (primary N) is 1. The first-order valence-electron chi connectivity index (χ1n) is 7.61. The molecule has 1 fully saturated rings. The number of rotatable bonds is 3. The van der Waals surface area contributed by atoms with Gasteiger partial charge in [0.25, 0.3) is 5.91 Å². The molecule has 1 aliphatic carbocycles. The van der Waals surface area contributed by atoms with Crippen molar-refractivity contribution in [3.8, 4) is 0 Å². The third-order valence-corrected chi connectivity index (χ3v) is 4.26. The summed E-state index contributed by atoms with van der Waals surface area (Å²) in [5, 5.41) is 4.96. The van der Waals surface area contributed by atoms with Crippen LogP contribution in [0.1, 0.15) is 36.2 Å². The van der Waals surface area contributed by atoms with E-state index in [1.165, 1.54) is 0 Å². The average molecular weight is 283 g/mol. The lowest BCUT2D eigenvalue weighted by Crippen LogP contribution is -2.35. The topological polar surface area (TPSA) is 68.0 Å². The number of amides is 1. The minimum atomic E-state index is -0.0917. The van der Waals surface area contributed by atoms with Crippen LogP contribution in [-0.2, 0) is 0 Å². The van der Waals surface area contributed by atoms with Gasteiger partial charge in [-0.3, -0.25) is 9.78 Å². The number of hydrogen-bond donors (Lipinski definition) is 2. The Bertz CT molecular complexity index is 635. The Morgan fingerprint density at radius 1 is 1.29 bits per heavy atom. The van der Waals surface area contributed by atoms with E-state index in [4.69, 9.17) is 5.73 Å². The summed E-state index contributed by atoms with van der Waals surface area (Å²) < 4.78 is 0. The molecule has 0 aliphatic heterocycles. The van der Waals surface area contributed by atoms with Crippen LogP contribution in [-0.4, -0.2) is 23.5 Å². The Morgan fingerprint density at radius 2 is 2.14 bits per heavy atom. The summed E-state index contributed by atoms with van der Waals surface area (Å²) in [4.78, 5) is 16.6. The van der Waals surface area contributed by atoms with Crippen LogP contribution in [0, 0.1) is 5.92 Å². The summed E-state index contributed by atoms with van der Waals surface area (Å²) in [5.41, 5.74) is 6.50. The molecule has 4 heteroatoms. The maximum Gasteiger partial charge on any atom is 0.270 e. The predicted molar refractivity (Wildman–Crippen MR) is 84.0 cm³/mol. The molecule has 1 saturated carbocycles. The standard InChI is InChI=1S/C17H21N3O/c18-14-6-3-4-12(10-14)11-20-17(21)16-15-7-2-1-5-13(15)8-9-19-16/h1-2,5,7-9,12,14H,3-4,6,10-11,18H2,(H,20,21). The molecule has 2 aromatic rings. The van der Waals surface area contributed by atoms with Crippen molar-refractivity contribution < 1.29 is 4.79 Å². The van der Waals surface area contributed by atoms with Gasteiger partial charge < -0.3 is 11.1 Å². The normalized spacial score (nSPS) is 22.1. The Morgan fingerprint density at radius 3 is 3.00 bits per heavy atom. The van der Waals surface area contributed by atoms with E-state index in [1.54, 1.807) is 6.20 Å². The molecule has 1 aromatic heterocycles. The van der Waals surface area contributed by atoms with Crippen LogP contribution in [0.25, 0.3) is 10.8 Å². The molecular formula is C17H21N3O. The molecule has 2 unspecified atom stereocenters. The SMILES string of the molecule is NC1CCCC(CNC(=O)c2nccc3ccccc23)C1. The fraction of sp³-hybridized carbons (Fsp3) is 0.412. The molecule has 0 spiro atoms. The Kier molecular flexibility index (Phi) is 4.15. The minimum absolute atomic E-state index is 0.0917. The second-order valence-corrected chi connectivity index (χ2v) is 5.88. The van der Waals surface area contributed by atoms with E-state index in [-0.39, 0.29) is 11.9 Å². The van der Waals surface area contributed by atoms with Gasteiger partial charge in [0, 0.05) is 24.2 Å². The average Bonchev–Trinajstić information content (AvgIpc) is 2.52. The van der Waals surface area contributed by atoms with Gasteiger partial charge >= 0.3 is 0 Å². The zero-order valence-electron chi connectivity index (χ0n) is 12.1. The quantitative estimate of drug-likeness (QED) is 0.909. The largest absolute Gasteiger partial charge is 0.350 e. The van der Waals surface area contributed by atoms with E-state index in [1.807, 2.05) is 30.3 Å². The van der Waals surface area contributed by atoms with Gasteiger partial charge in [0.1, 0.15) is 5.69 Å². The van der Waals surface area contributed by atoms with Crippen molar-refractivity contribution in [3.63, 3.8) is 0 Å². The molecule has 0 bridgehead atoms. The Hall–Kier alpha value is -1.94. The van der Waals surface area contributed by atoms with Crippen molar-refractivity contribution >= 4 is 16.7 Å². The van der Waals surface area contributed by atoms with Crippen molar-refractivity contribution in [2.24, 2.45) is 11.7 Å². The molecular weight excluding hydrogens is 262 g/mol. The van der Waals surface area contributed by atoms with E-state index in [0.29, 0.717) is 18.2 Å². The van der Waals surface area contributed by atoms with Crippen LogP contribution in [0.2, 0.25) is 0 Å². The molecule has 4 nitrogen and oxygen atoms in total. The van der Waals surface area contributed by atoms with Gasteiger partial charge in [-0.1, -0.05) is 30.7 Å². The van der Waals surface area contributed by atoms with E-state index < -0.39 is 0 Å². The van der Waals surface area contributed by atoms with Crippen LogP contribution >= 0.6 is 0 Å². The molecule has 0 saturated heterocycles. The smallest absolute Gasteiger partial charge is 0.270 e. The highest BCUT2D eigenvalue weighted by atomic mass is 16.1. The first-order valence-corrected chi connectivity index (χ1v) is 7.61. The van der Waals surface area contributed by atoms with Crippen LogP contribution in [0.15, 0.2) is 36.5 Å². The van der Waals surface area contributed by atoms with Gasteiger partial charge in [0.15, 0.2) is 0 Å². The fourth-order valence-corrected chi connectivity index (χ4v) is 3.14. The summed E-state index contributed by atoms with van der Waals surface area (Å²) in [5.74, 6) is 0.402. The van der Waals surface area contributed by atoms with Crippen molar-refractivity contribution in [1.82, 2.24) is 10.3 Å². The lowest BCUT2D eigenvalue weighted by Gasteiger charge is -2.26. The number of nitrogens with zero attached hydrogens (tertiary/aromatic N) is 1. The molecule has 21 heavy (non-hydrogen) atoms. The van der Waals surface area contributed by atoms with Crippen LogP contribution in [0.3, 0.4) is 0 Å². The lowest BCUT2D eigenvalue weighted by molar-refractivity contribution is 0.0939. The molecule has 1 heterocycles. The highest BCUT2D eigenvalue weighted by molar-refractivity contribution is 6.05. The third-order valence-electron chi connectivity index (χ3n) is 4.26. The van der Waals surface area contributed by atoms with Gasteiger partial charge in [0.2, 0.25) is 0 Å². The van der Waals surface area contributed by atoms with E-state index in [2.05, 4.69) is 10.3 Å². The van der Waals surface area contributed by atoms with E-state index in [9.17, 15) is 4.79 Å². The monoisotopic (exact) mass is 283 g/mol. The Labute approximate surface area is 124 Å². The number of benzene rings is 1. The second-order valence-electron chi connectivity index (χ2n) is 5.88. The zero-order chi connectivity index (χ0) is 14.7.